The van der Waals surface area contributed by atoms with Gasteiger partial charge in [0.15, 0.2) is 0 Å². The molecule has 2 amide bonds. The van der Waals surface area contributed by atoms with Gasteiger partial charge in [0.2, 0.25) is 11.8 Å². The van der Waals surface area contributed by atoms with Crippen LogP contribution in [-0.2, 0) is 16.0 Å². The predicted molar refractivity (Wildman–Crippen MR) is 126 cm³/mol. The average molecular weight is 440 g/mol. The van der Waals surface area contributed by atoms with Crippen LogP contribution in [-0.4, -0.2) is 34.8 Å². The third-order valence-electron chi connectivity index (χ3n) is 4.41. The van der Waals surface area contributed by atoms with Crippen LogP contribution in [0.4, 0.5) is 5.69 Å². The Labute approximate surface area is 185 Å². The number of hydrogen-bond donors (Lipinski definition) is 2. The lowest BCUT2D eigenvalue weighted by Crippen LogP contribution is -2.28. The van der Waals surface area contributed by atoms with Gasteiger partial charge in [-0.2, -0.15) is 0 Å². The normalized spacial score (nSPS) is 10.6. The Morgan fingerprint density at radius 3 is 2.33 bits per heavy atom. The number of rotatable bonds is 9. The first-order chi connectivity index (χ1) is 14.5. The van der Waals surface area contributed by atoms with Crippen LogP contribution in [0.2, 0.25) is 0 Å². The molecule has 5 nitrogen and oxygen atoms in total. The molecular weight excluding hydrogens is 414 g/mol. The van der Waals surface area contributed by atoms with Gasteiger partial charge in [-0.15, -0.1) is 23.1 Å². The summed E-state index contributed by atoms with van der Waals surface area (Å²) in [5.74, 6) is 0.354. The smallest absolute Gasteiger partial charge is 0.234 e. The molecule has 0 aliphatic carbocycles. The largest absolute Gasteiger partial charge is 0.355 e. The van der Waals surface area contributed by atoms with Gasteiger partial charge in [-0.25, -0.2) is 4.98 Å². The average Bonchev–Trinajstić information content (AvgIpc) is 3.16. The third-order valence-corrected chi connectivity index (χ3v) is 6.11. The Kier molecular flexibility index (Phi) is 8.04. The van der Waals surface area contributed by atoms with Crippen LogP contribution in [0.15, 0.2) is 53.9 Å². The van der Waals surface area contributed by atoms with Crippen molar-refractivity contribution in [3.8, 4) is 11.3 Å². The van der Waals surface area contributed by atoms with E-state index >= 15 is 0 Å². The fourth-order valence-corrected chi connectivity index (χ4v) is 4.07. The van der Waals surface area contributed by atoms with Crippen molar-refractivity contribution < 1.29 is 9.59 Å². The summed E-state index contributed by atoms with van der Waals surface area (Å²) in [6.07, 6.45) is 0.765. The second kappa shape index (κ2) is 10.9. The van der Waals surface area contributed by atoms with Crippen molar-refractivity contribution in [2.24, 2.45) is 0 Å². The van der Waals surface area contributed by atoms with E-state index in [4.69, 9.17) is 0 Å². The van der Waals surface area contributed by atoms with E-state index in [0.717, 1.165) is 39.5 Å². The lowest BCUT2D eigenvalue weighted by Gasteiger charge is -2.07. The zero-order valence-electron chi connectivity index (χ0n) is 17.1. The van der Waals surface area contributed by atoms with Crippen LogP contribution in [0.1, 0.15) is 16.1 Å². The molecule has 0 radical (unpaired) electrons. The number of aryl methyl sites for hydroxylation is 2. The van der Waals surface area contributed by atoms with E-state index in [-0.39, 0.29) is 23.3 Å². The Morgan fingerprint density at radius 2 is 1.67 bits per heavy atom. The monoisotopic (exact) mass is 439 g/mol. The number of thiazole rings is 1. The molecule has 1 aromatic heterocycles. The Bertz CT molecular complexity index is 982. The number of carbonyl (C=O) groups excluding carboxylic acids is 2. The van der Waals surface area contributed by atoms with Gasteiger partial charge in [-0.1, -0.05) is 42.0 Å². The van der Waals surface area contributed by atoms with E-state index in [2.05, 4.69) is 45.3 Å². The molecule has 2 N–H and O–H groups in total. The molecule has 0 fully saturated rings. The summed E-state index contributed by atoms with van der Waals surface area (Å²) in [6, 6.07) is 15.9. The first kappa shape index (κ1) is 22.1. The van der Waals surface area contributed by atoms with Crippen LogP contribution < -0.4 is 10.6 Å². The maximum absolute atomic E-state index is 12.0. The molecule has 1 heterocycles. The van der Waals surface area contributed by atoms with Crippen molar-refractivity contribution >= 4 is 40.6 Å². The number of nitrogens with one attached hydrogen (secondary N) is 2. The van der Waals surface area contributed by atoms with Crippen molar-refractivity contribution in [2.45, 2.75) is 20.3 Å². The third kappa shape index (κ3) is 7.00. The molecule has 0 saturated heterocycles. The highest BCUT2D eigenvalue weighted by Gasteiger charge is 2.07. The number of hydrogen-bond acceptors (Lipinski definition) is 5. The molecule has 0 spiro atoms. The molecule has 3 aromatic rings. The van der Waals surface area contributed by atoms with Crippen molar-refractivity contribution in [1.29, 1.82) is 0 Å². The van der Waals surface area contributed by atoms with E-state index in [1.165, 1.54) is 11.8 Å². The van der Waals surface area contributed by atoms with Crippen molar-refractivity contribution in [3.63, 3.8) is 0 Å². The van der Waals surface area contributed by atoms with Crippen LogP contribution in [0.25, 0.3) is 11.3 Å². The van der Waals surface area contributed by atoms with Gasteiger partial charge < -0.3 is 10.6 Å². The summed E-state index contributed by atoms with van der Waals surface area (Å²) >= 11 is 2.95. The predicted octanol–water partition coefficient (Wildman–Crippen LogP) is 4.46. The number of carbonyl (C=O) groups is 2. The van der Waals surface area contributed by atoms with Gasteiger partial charge in [-0.3, -0.25) is 9.59 Å². The highest BCUT2D eigenvalue weighted by molar-refractivity contribution is 8.00. The van der Waals surface area contributed by atoms with Gasteiger partial charge in [0.1, 0.15) is 0 Å². The molecule has 30 heavy (non-hydrogen) atoms. The number of thioether (sulfide) groups is 1. The molecule has 2 aromatic carbocycles. The SMILES string of the molecule is Cc1ccc(NC(=O)CSCC(=O)NCCc2ccc(-c3csc(C)n3)cc2)cc1. The van der Waals surface area contributed by atoms with Gasteiger partial charge >= 0.3 is 0 Å². The second-order valence-electron chi connectivity index (χ2n) is 6.96. The van der Waals surface area contributed by atoms with Crippen LogP contribution in [0.3, 0.4) is 0 Å². The highest BCUT2D eigenvalue weighted by Crippen LogP contribution is 2.21. The highest BCUT2D eigenvalue weighted by atomic mass is 32.2. The van der Waals surface area contributed by atoms with Crippen LogP contribution >= 0.6 is 23.1 Å². The molecule has 0 saturated carbocycles. The molecule has 0 unspecified atom stereocenters. The topological polar surface area (TPSA) is 71.1 Å². The second-order valence-corrected chi connectivity index (χ2v) is 9.00. The summed E-state index contributed by atoms with van der Waals surface area (Å²) in [7, 11) is 0. The van der Waals surface area contributed by atoms with Crippen LogP contribution in [0, 0.1) is 13.8 Å². The summed E-state index contributed by atoms with van der Waals surface area (Å²) in [6.45, 7) is 4.57. The molecule has 0 atom stereocenters. The fraction of sp³-hybridized carbons (Fsp3) is 0.261. The molecule has 7 heteroatoms. The van der Waals surface area contributed by atoms with E-state index in [0.29, 0.717) is 6.54 Å². The minimum Gasteiger partial charge on any atom is -0.355 e. The van der Waals surface area contributed by atoms with E-state index in [9.17, 15) is 9.59 Å². The first-order valence-corrected chi connectivity index (χ1v) is 11.8. The fourth-order valence-electron chi connectivity index (χ4n) is 2.81. The molecule has 0 bridgehead atoms. The van der Waals surface area contributed by atoms with E-state index in [1.807, 2.05) is 38.1 Å². The summed E-state index contributed by atoms with van der Waals surface area (Å²) in [5.41, 5.74) is 5.18. The number of amides is 2. The maximum Gasteiger partial charge on any atom is 0.234 e. The minimum absolute atomic E-state index is 0.0577. The molecule has 0 aliphatic rings. The van der Waals surface area contributed by atoms with Crippen molar-refractivity contribution in [2.75, 3.05) is 23.4 Å². The Hall–Kier alpha value is -2.64. The number of anilines is 1. The molecule has 156 valence electrons. The lowest BCUT2D eigenvalue weighted by molar-refractivity contribution is -0.118. The van der Waals surface area contributed by atoms with Crippen molar-refractivity contribution in [1.82, 2.24) is 10.3 Å². The summed E-state index contributed by atoms with van der Waals surface area (Å²) in [4.78, 5) is 28.4. The van der Waals surface area contributed by atoms with Gasteiger partial charge in [-0.05, 0) is 38.0 Å². The minimum atomic E-state index is -0.105. The molecule has 3 rings (SSSR count). The zero-order valence-corrected chi connectivity index (χ0v) is 18.7. The van der Waals surface area contributed by atoms with Crippen LogP contribution in [0.5, 0.6) is 0 Å². The Balaban J connectivity index is 1.32. The molecule has 0 aliphatic heterocycles. The maximum atomic E-state index is 12.0. The molecular formula is C23H25N3O2S2. The van der Waals surface area contributed by atoms with Gasteiger partial charge in [0.05, 0.1) is 22.2 Å². The van der Waals surface area contributed by atoms with E-state index in [1.54, 1.807) is 11.3 Å². The van der Waals surface area contributed by atoms with Crippen molar-refractivity contribution in [3.05, 3.63) is 70.0 Å². The zero-order chi connectivity index (χ0) is 21.3. The number of nitrogens with zero attached hydrogens (tertiary/aromatic N) is 1. The Morgan fingerprint density at radius 1 is 0.967 bits per heavy atom. The van der Waals surface area contributed by atoms with Gasteiger partial charge in [0.25, 0.3) is 0 Å². The summed E-state index contributed by atoms with van der Waals surface area (Å²) in [5, 5.41) is 8.85. The van der Waals surface area contributed by atoms with E-state index < -0.39 is 0 Å². The summed E-state index contributed by atoms with van der Waals surface area (Å²) < 4.78 is 0. The standard InChI is InChI=1S/C23H25N3O2S2/c1-16-3-9-20(10-4-16)26-23(28)15-29-14-22(27)24-12-11-18-5-7-19(8-6-18)21-13-30-17(2)25-21/h3-10,13H,11-12,14-15H2,1-2H3,(H,24,27)(H,26,28). The lowest BCUT2D eigenvalue weighted by atomic mass is 10.1. The number of benzene rings is 2. The quantitative estimate of drug-likeness (QED) is 0.516. The van der Waals surface area contributed by atoms with Gasteiger partial charge in [0, 0.05) is 23.2 Å². The first-order valence-electron chi connectivity index (χ1n) is 9.72. The number of aromatic nitrogens is 1.